The summed E-state index contributed by atoms with van der Waals surface area (Å²) < 4.78 is 16.6. The van der Waals surface area contributed by atoms with Crippen LogP contribution in [0.4, 0.5) is 5.69 Å². The standard InChI is InChI=1S/C24H26N2O5/c27-22(17-2-1-3-19(12-17)26-23(28)16-4-5-16)25-14-24(8-10-29-11-9-24)18-6-7-20-21(13-18)31-15-30-20/h1-3,6-7,12-13,16H,4-5,8-11,14-15H2,(H,25,27)(H,26,28). The van der Waals surface area contributed by atoms with E-state index in [0.717, 1.165) is 42.7 Å². The SMILES string of the molecule is O=C(NCC1(c2ccc3c(c2)OCO3)CCOCC1)c1cccc(NC(=O)C2CC2)c1. The first-order valence-electron chi connectivity index (χ1n) is 10.8. The summed E-state index contributed by atoms with van der Waals surface area (Å²) in [6.07, 6.45) is 3.50. The number of carbonyl (C=O) groups is 2. The van der Waals surface area contributed by atoms with Crippen LogP contribution < -0.4 is 20.1 Å². The fraction of sp³-hybridized carbons (Fsp3) is 0.417. The van der Waals surface area contributed by atoms with Gasteiger partial charge in [-0.1, -0.05) is 12.1 Å². The van der Waals surface area contributed by atoms with Gasteiger partial charge in [0.15, 0.2) is 11.5 Å². The fourth-order valence-electron chi connectivity index (χ4n) is 4.24. The molecule has 0 bridgehead atoms. The van der Waals surface area contributed by atoms with Gasteiger partial charge in [-0.15, -0.1) is 0 Å². The molecule has 2 aliphatic heterocycles. The van der Waals surface area contributed by atoms with Crippen molar-refractivity contribution in [2.75, 3.05) is 31.9 Å². The number of carbonyl (C=O) groups excluding carboxylic acids is 2. The van der Waals surface area contributed by atoms with Gasteiger partial charge < -0.3 is 24.8 Å². The molecule has 7 heteroatoms. The molecule has 162 valence electrons. The summed E-state index contributed by atoms with van der Waals surface area (Å²) in [4.78, 5) is 25.0. The molecular weight excluding hydrogens is 396 g/mol. The highest BCUT2D eigenvalue weighted by molar-refractivity contribution is 5.98. The molecule has 31 heavy (non-hydrogen) atoms. The summed E-state index contributed by atoms with van der Waals surface area (Å²) in [6, 6.07) is 13.1. The second kappa shape index (κ2) is 8.23. The van der Waals surface area contributed by atoms with Gasteiger partial charge in [-0.05, 0) is 61.6 Å². The maximum atomic E-state index is 12.9. The minimum Gasteiger partial charge on any atom is -0.454 e. The highest BCUT2D eigenvalue weighted by atomic mass is 16.7. The zero-order chi connectivity index (χ0) is 21.3. The Labute approximate surface area is 181 Å². The van der Waals surface area contributed by atoms with E-state index in [1.165, 1.54) is 0 Å². The van der Waals surface area contributed by atoms with E-state index in [-0.39, 0.29) is 29.9 Å². The van der Waals surface area contributed by atoms with Crippen LogP contribution in [0.25, 0.3) is 0 Å². The number of anilines is 1. The molecule has 0 radical (unpaired) electrons. The van der Waals surface area contributed by atoms with Crippen molar-refractivity contribution in [1.29, 1.82) is 0 Å². The second-order valence-corrected chi connectivity index (χ2v) is 8.49. The maximum absolute atomic E-state index is 12.9. The molecule has 2 aromatic carbocycles. The van der Waals surface area contributed by atoms with Crippen molar-refractivity contribution in [2.24, 2.45) is 5.92 Å². The van der Waals surface area contributed by atoms with E-state index in [1.54, 1.807) is 18.2 Å². The third-order valence-electron chi connectivity index (χ3n) is 6.36. The van der Waals surface area contributed by atoms with E-state index in [2.05, 4.69) is 16.7 Å². The summed E-state index contributed by atoms with van der Waals surface area (Å²) in [5.74, 6) is 1.48. The Balaban J connectivity index is 1.30. The van der Waals surface area contributed by atoms with Crippen molar-refractivity contribution in [3.63, 3.8) is 0 Å². The van der Waals surface area contributed by atoms with Gasteiger partial charge in [0.05, 0.1) is 0 Å². The Hall–Kier alpha value is -3.06. The molecule has 3 aliphatic rings. The average Bonchev–Trinajstić information content (AvgIpc) is 3.55. The van der Waals surface area contributed by atoms with Crippen LogP contribution in [0.1, 0.15) is 41.6 Å². The number of rotatable bonds is 6. The van der Waals surface area contributed by atoms with Crippen LogP contribution in [0.3, 0.4) is 0 Å². The van der Waals surface area contributed by atoms with Crippen LogP contribution >= 0.6 is 0 Å². The lowest BCUT2D eigenvalue weighted by molar-refractivity contribution is -0.117. The maximum Gasteiger partial charge on any atom is 0.251 e. The van der Waals surface area contributed by atoms with Crippen molar-refractivity contribution in [3.8, 4) is 11.5 Å². The van der Waals surface area contributed by atoms with Gasteiger partial charge in [0.2, 0.25) is 12.7 Å². The molecule has 5 rings (SSSR count). The topological polar surface area (TPSA) is 85.9 Å². The molecule has 0 unspecified atom stereocenters. The molecule has 7 nitrogen and oxygen atoms in total. The van der Waals surface area contributed by atoms with E-state index in [9.17, 15) is 9.59 Å². The van der Waals surface area contributed by atoms with E-state index < -0.39 is 0 Å². The minimum absolute atomic E-state index is 0.0292. The first-order chi connectivity index (χ1) is 15.1. The molecule has 2 heterocycles. The van der Waals surface area contributed by atoms with Gasteiger partial charge in [-0.3, -0.25) is 9.59 Å². The number of hydrogen-bond donors (Lipinski definition) is 2. The monoisotopic (exact) mass is 422 g/mol. The molecule has 2 N–H and O–H groups in total. The summed E-state index contributed by atoms with van der Waals surface area (Å²) in [5, 5.41) is 6.01. The summed E-state index contributed by atoms with van der Waals surface area (Å²) in [7, 11) is 0. The van der Waals surface area contributed by atoms with Crippen molar-refractivity contribution < 1.29 is 23.8 Å². The van der Waals surface area contributed by atoms with Crippen molar-refractivity contribution in [2.45, 2.75) is 31.1 Å². The third kappa shape index (κ3) is 4.23. The first-order valence-corrected chi connectivity index (χ1v) is 10.8. The van der Waals surface area contributed by atoms with Gasteiger partial charge in [0.25, 0.3) is 5.91 Å². The molecule has 1 saturated heterocycles. The van der Waals surface area contributed by atoms with Gasteiger partial charge in [0, 0.05) is 42.3 Å². The predicted octanol–water partition coefficient (Wildman–Crippen LogP) is 3.24. The molecule has 0 atom stereocenters. The Morgan fingerprint density at radius 3 is 2.61 bits per heavy atom. The van der Waals surface area contributed by atoms with Gasteiger partial charge in [-0.25, -0.2) is 0 Å². The molecule has 0 spiro atoms. The Morgan fingerprint density at radius 2 is 1.81 bits per heavy atom. The normalized spacial score (nSPS) is 19.0. The van der Waals surface area contributed by atoms with E-state index in [1.807, 2.05) is 18.2 Å². The van der Waals surface area contributed by atoms with Crippen LogP contribution in [-0.4, -0.2) is 38.4 Å². The average molecular weight is 422 g/mol. The summed E-state index contributed by atoms with van der Waals surface area (Å²) in [6.45, 7) is 2.02. The smallest absolute Gasteiger partial charge is 0.251 e. The predicted molar refractivity (Wildman–Crippen MR) is 114 cm³/mol. The number of amides is 2. The summed E-state index contributed by atoms with van der Waals surface area (Å²) in [5.41, 5.74) is 2.07. The number of fused-ring (bicyclic) bond motifs is 1. The van der Waals surface area contributed by atoms with Crippen LogP contribution in [-0.2, 0) is 14.9 Å². The third-order valence-corrected chi connectivity index (χ3v) is 6.36. The largest absolute Gasteiger partial charge is 0.454 e. The Kier molecular flexibility index (Phi) is 5.28. The molecule has 0 aromatic heterocycles. The highest BCUT2D eigenvalue weighted by Crippen LogP contribution is 2.40. The molecule has 1 saturated carbocycles. The highest BCUT2D eigenvalue weighted by Gasteiger charge is 2.36. The Morgan fingerprint density at radius 1 is 1.00 bits per heavy atom. The number of nitrogens with one attached hydrogen (secondary N) is 2. The van der Waals surface area contributed by atoms with Gasteiger partial charge >= 0.3 is 0 Å². The van der Waals surface area contributed by atoms with Crippen molar-refractivity contribution >= 4 is 17.5 Å². The lowest BCUT2D eigenvalue weighted by Gasteiger charge is -2.38. The van der Waals surface area contributed by atoms with E-state index >= 15 is 0 Å². The number of ether oxygens (including phenoxy) is 3. The van der Waals surface area contributed by atoms with Crippen molar-refractivity contribution in [3.05, 3.63) is 53.6 Å². The van der Waals surface area contributed by atoms with Crippen LogP contribution in [0, 0.1) is 5.92 Å². The zero-order valence-electron chi connectivity index (χ0n) is 17.3. The lowest BCUT2D eigenvalue weighted by atomic mass is 9.74. The zero-order valence-corrected chi connectivity index (χ0v) is 17.3. The van der Waals surface area contributed by atoms with E-state index in [0.29, 0.717) is 31.0 Å². The molecule has 1 aliphatic carbocycles. The first kappa shape index (κ1) is 19.9. The van der Waals surface area contributed by atoms with Gasteiger partial charge in [-0.2, -0.15) is 0 Å². The molecular formula is C24H26N2O5. The Bertz CT molecular complexity index is 995. The van der Waals surface area contributed by atoms with Crippen molar-refractivity contribution in [1.82, 2.24) is 5.32 Å². The van der Waals surface area contributed by atoms with E-state index in [4.69, 9.17) is 14.2 Å². The van der Waals surface area contributed by atoms with Gasteiger partial charge in [0.1, 0.15) is 0 Å². The quantitative estimate of drug-likeness (QED) is 0.747. The summed E-state index contributed by atoms with van der Waals surface area (Å²) >= 11 is 0. The molecule has 2 fully saturated rings. The minimum atomic E-state index is -0.229. The second-order valence-electron chi connectivity index (χ2n) is 8.49. The van der Waals surface area contributed by atoms with Crippen LogP contribution in [0.5, 0.6) is 11.5 Å². The number of hydrogen-bond acceptors (Lipinski definition) is 5. The molecule has 2 amide bonds. The van der Waals surface area contributed by atoms with Crippen LogP contribution in [0.2, 0.25) is 0 Å². The fourth-order valence-corrected chi connectivity index (χ4v) is 4.24. The number of benzene rings is 2. The lowest BCUT2D eigenvalue weighted by Crippen LogP contribution is -2.44. The molecule has 2 aromatic rings. The van der Waals surface area contributed by atoms with Crippen LogP contribution in [0.15, 0.2) is 42.5 Å².